The maximum Gasteiger partial charge on any atom is 2.00 e. The van der Waals surface area contributed by atoms with Crippen molar-refractivity contribution in [3.05, 3.63) is 0 Å². The van der Waals surface area contributed by atoms with E-state index in [4.69, 9.17) is 0 Å². The normalized spacial score (nSPS) is 6.00. The molecule has 0 amide bonds. The van der Waals surface area contributed by atoms with Crippen LogP contribution in [-0.2, 0) is 9.47 Å². The van der Waals surface area contributed by atoms with Crippen LogP contribution in [0.1, 0.15) is 0 Å². The summed E-state index contributed by atoms with van der Waals surface area (Å²) in [6.07, 6.45) is 0. The van der Waals surface area contributed by atoms with Gasteiger partial charge in [0.05, 0.1) is 13.2 Å². The van der Waals surface area contributed by atoms with E-state index in [1.807, 2.05) is 0 Å². The quantitative estimate of drug-likeness (QED) is 0.322. The minimum Gasteiger partial charge on any atom is -1.00 e. The van der Waals surface area contributed by atoms with Gasteiger partial charge in [-0.2, -0.15) is 0 Å². The molecule has 0 heterocycles. The molecule has 0 saturated carbocycles. The first kappa shape index (κ1) is 22.4. The SMILES string of the molecule is COCCOC.[Cl-].[Cl-].[Mg+2]. The summed E-state index contributed by atoms with van der Waals surface area (Å²) in [6, 6.07) is 0. The van der Waals surface area contributed by atoms with Gasteiger partial charge in [-0.15, -0.1) is 0 Å². The Morgan fingerprint density at radius 1 is 0.889 bits per heavy atom. The van der Waals surface area contributed by atoms with Crippen molar-refractivity contribution in [3.8, 4) is 0 Å². The molecule has 0 saturated heterocycles. The van der Waals surface area contributed by atoms with E-state index in [-0.39, 0.29) is 47.9 Å². The topological polar surface area (TPSA) is 18.5 Å². The van der Waals surface area contributed by atoms with E-state index in [1.54, 1.807) is 14.2 Å². The van der Waals surface area contributed by atoms with Gasteiger partial charge >= 0.3 is 23.1 Å². The Morgan fingerprint density at radius 2 is 1.11 bits per heavy atom. The van der Waals surface area contributed by atoms with Crippen molar-refractivity contribution in [1.29, 1.82) is 0 Å². The predicted molar refractivity (Wildman–Crippen MR) is 29.5 cm³/mol. The van der Waals surface area contributed by atoms with E-state index in [9.17, 15) is 0 Å². The molecule has 0 aliphatic rings. The average Bonchev–Trinajstić information content (AvgIpc) is 1.61. The molecular formula is C4H10Cl2MgO2. The standard InChI is InChI=1S/C4H10O2.2ClH.Mg/c1-5-3-4-6-2;;;/h3-4H2,1-2H3;2*1H;/q;;;+2/p-2. The van der Waals surface area contributed by atoms with Gasteiger partial charge in [0, 0.05) is 14.2 Å². The van der Waals surface area contributed by atoms with E-state index in [0.717, 1.165) is 0 Å². The smallest absolute Gasteiger partial charge is 1.00 e. The molecule has 0 spiro atoms. The van der Waals surface area contributed by atoms with Crippen LogP contribution in [0.15, 0.2) is 0 Å². The summed E-state index contributed by atoms with van der Waals surface area (Å²) >= 11 is 0. The number of rotatable bonds is 3. The van der Waals surface area contributed by atoms with Gasteiger partial charge in [0.25, 0.3) is 0 Å². The van der Waals surface area contributed by atoms with Crippen molar-refractivity contribution < 1.29 is 34.3 Å². The first-order valence-corrected chi connectivity index (χ1v) is 1.89. The summed E-state index contributed by atoms with van der Waals surface area (Å²) in [4.78, 5) is 0. The zero-order valence-corrected chi connectivity index (χ0v) is 8.62. The summed E-state index contributed by atoms with van der Waals surface area (Å²) in [5.74, 6) is 0. The average molecular weight is 185 g/mol. The number of methoxy groups -OCH3 is 2. The summed E-state index contributed by atoms with van der Waals surface area (Å²) in [5.41, 5.74) is 0. The molecule has 0 aromatic carbocycles. The van der Waals surface area contributed by atoms with Crippen LogP contribution in [-0.4, -0.2) is 50.5 Å². The summed E-state index contributed by atoms with van der Waals surface area (Å²) in [6.45, 7) is 1.38. The summed E-state index contributed by atoms with van der Waals surface area (Å²) in [7, 11) is 3.30. The third kappa shape index (κ3) is 26.9. The van der Waals surface area contributed by atoms with E-state index in [0.29, 0.717) is 13.2 Å². The number of hydrogen-bond donors (Lipinski definition) is 0. The van der Waals surface area contributed by atoms with Gasteiger partial charge < -0.3 is 34.3 Å². The molecule has 0 unspecified atom stereocenters. The first-order valence-electron chi connectivity index (χ1n) is 1.89. The van der Waals surface area contributed by atoms with Crippen LogP contribution in [0.25, 0.3) is 0 Å². The van der Waals surface area contributed by atoms with Crippen LogP contribution in [0, 0.1) is 0 Å². The molecule has 5 heteroatoms. The van der Waals surface area contributed by atoms with Crippen LogP contribution in [0.4, 0.5) is 0 Å². The minimum atomic E-state index is 0. The van der Waals surface area contributed by atoms with Crippen LogP contribution in [0.5, 0.6) is 0 Å². The van der Waals surface area contributed by atoms with Gasteiger partial charge in [0.15, 0.2) is 0 Å². The van der Waals surface area contributed by atoms with Gasteiger partial charge in [-0.25, -0.2) is 0 Å². The summed E-state index contributed by atoms with van der Waals surface area (Å²) < 4.78 is 9.31. The molecule has 0 N–H and O–H groups in total. The number of hydrogen-bond acceptors (Lipinski definition) is 2. The van der Waals surface area contributed by atoms with Crippen LogP contribution < -0.4 is 24.8 Å². The monoisotopic (exact) mass is 184 g/mol. The van der Waals surface area contributed by atoms with E-state index < -0.39 is 0 Å². The molecule has 9 heavy (non-hydrogen) atoms. The molecule has 0 atom stereocenters. The second-order valence-corrected chi connectivity index (χ2v) is 0.986. The Kier molecular flexibility index (Phi) is 56.9. The third-order valence-corrected chi connectivity index (χ3v) is 0.492. The zero-order chi connectivity index (χ0) is 4.83. The van der Waals surface area contributed by atoms with Crippen molar-refractivity contribution in [3.63, 3.8) is 0 Å². The third-order valence-electron chi connectivity index (χ3n) is 0.492. The fourth-order valence-electron chi connectivity index (χ4n) is 0.167. The Balaban J connectivity index is -0.0000000417. The largest absolute Gasteiger partial charge is 2.00 e. The molecule has 0 fully saturated rings. The van der Waals surface area contributed by atoms with Gasteiger partial charge in [0.1, 0.15) is 0 Å². The van der Waals surface area contributed by atoms with Crippen LogP contribution in [0.3, 0.4) is 0 Å². The van der Waals surface area contributed by atoms with Crippen molar-refractivity contribution in [2.45, 2.75) is 0 Å². The van der Waals surface area contributed by atoms with Crippen LogP contribution >= 0.6 is 0 Å². The Labute approximate surface area is 84.6 Å². The maximum atomic E-state index is 4.66. The Morgan fingerprint density at radius 3 is 1.22 bits per heavy atom. The molecule has 0 aromatic heterocycles. The van der Waals surface area contributed by atoms with Gasteiger partial charge in [-0.3, -0.25) is 0 Å². The van der Waals surface area contributed by atoms with Gasteiger partial charge in [-0.1, -0.05) is 0 Å². The molecule has 0 rings (SSSR count). The van der Waals surface area contributed by atoms with Crippen LogP contribution in [0.2, 0.25) is 0 Å². The Hall–Kier alpha value is 1.27. The summed E-state index contributed by atoms with van der Waals surface area (Å²) in [5, 5.41) is 0. The molecule has 0 radical (unpaired) electrons. The van der Waals surface area contributed by atoms with Crippen molar-refractivity contribution in [2.24, 2.45) is 0 Å². The van der Waals surface area contributed by atoms with E-state index in [2.05, 4.69) is 9.47 Å². The number of ether oxygens (including phenoxy) is 2. The second-order valence-electron chi connectivity index (χ2n) is 0.986. The molecule has 0 aliphatic heterocycles. The predicted octanol–water partition coefficient (Wildman–Crippen LogP) is -6.09. The number of halogens is 2. The van der Waals surface area contributed by atoms with Gasteiger partial charge in [-0.05, 0) is 0 Å². The second kappa shape index (κ2) is 22.8. The van der Waals surface area contributed by atoms with Crippen molar-refractivity contribution in [1.82, 2.24) is 0 Å². The molecule has 0 aromatic rings. The van der Waals surface area contributed by atoms with Crippen molar-refractivity contribution >= 4 is 23.1 Å². The first-order chi connectivity index (χ1) is 2.91. The Bertz CT molecular complexity index is 28.5. The van der Waals surface area contributed by atoms with E-state index >= 15 is 0 Å². The fourth-order valence-corrected chi connectivity index (χ4v) is 0.167. The van der Waals surface area contributed by atoms with Gasteiger partial charge in [0.2, 0.25) is 0 Å². The minimum absolute atomic E-state index is 0. The molecule has 2 nitrogen and oxygen atoms in total. The van der Waals surface area contributed by atoms with Crippen molar-refractivity contribution in [2.75, 3.05) is 27.4 Å². The molecule has 0 bridgehead atoms. The molecular weight excluding hydrogens is 175 g/mol. The molecule has 54 valence electrons. The molecule has 0 aliphatic carbocycles. The van der Waals surface area contributed by atoms with E-state index in [1.165, 1.54) is 0 Å². The fraction of sp³-hybridized carbons (Fsp3) is 1.00. The zero-order valence-electron chi connectivity index (χ0n) is 5.69. The maximum absolute atomic E-state index is 4.66.